The molecule has 0 saturated heterocycles. The summed E-state index contributed by atoms with van der Waals surface area (Å²) in [5.41, 5.74) is 2.79. The molecular formula is C23H25N3O2S. The van der Waals surface area contributed by atoms with Gasteiger partial charge in [0, 0.05) is 6.04 Å². The molecule has 1 atom stereocenters. The zero-order valence-corrected chi connectivity index (χ0v) is 17.5. The van der Waals surface area contributed by atoms with Crippen molar-refractivity contribution in [1.82, 2.24) is 14.9 Å². The average Bonchev–Trinajstić information content (AvgIpc) is 3.56. The number of fused-ring (bicyclic) bond motifs is 1. The van der Waals surface area contributed by atoms with Gasteiger partial charge in [-0.05, 0) is 50.3 Å². The summed E-state index contributed by atoms with van der Waals surface area (Å²) in [5, 5.41) is 4.23. The van der Waals surface area contributed by atoms with Crippen LogP contribution in [0.25, 0.3) is 10.9 Å². The number of amides is 1. The monoisotopic (exact) mass is 407 g/mol. The fourth-order valence-corrected chi connectivity index (χ4v) is 4.22. The van der Waals surface area contributed by atoms with Gasteiger partial charge in [-0.1, -0.05) is 53.7 Å². The molecule has 6 heteroatoms. The molecule has 3 aromatic rings. The minimum absolute atomic E-state index is 0.0151. The van der Waals surface area contributed by atoms with Crippen LogP contribution in [0.3, 0.4) is 0 Å². The summed E-state index contributed by atoms with van der Waals surface area (Å²) in [6.45, 7) is 4.53. The summed E-state index contributed by atoms with van der Waals surface area (Å²) in [6.07, 6.45) is 2.38. The molecule has 29 heavy (non-hydrogen) atoms. The van der Waals surface area contributed by atoms with Crippen molar-refractivity contribution in [1.29, 1.82) is 0 Å². The molecule has 4 rings (SSSR count). The first-order valence-corrected chi connectivity index (χ1v) is 11.0. The molecule has 0 radical (unpaired) electrons. The zero-order chi connectivity index (χ0) is 20.4. The van der Waals surface area contributed by atoms with Gasteiger partial charge in [0.25, 0.3) is 5.56 Å². The largest absolute Gasteiger partial charge is 0.353 e. The topological polar surface area (TPSA) is 64.0 Å². The van der Waals surface area contributed by atoms with E-state index < -0.39 is 0 Å². The number of carbonyl (C=O) groups is 1. The van der Waals surface area contributed by atoms with E-state index in [1.807, 2.05) is 49.4 Å². The number of rotatable bonds is 7. The second-order valence-electron chi connectivity index (χ2n) is 7.77. The van der Waals surface area contributed by atoms with Crippen LogP contribution in [0.5, 0.6) is 0 Å². The number of nitrogens with zero attached hydrogens (tertiary/aromatic N) is 2. The zero-order valence-electron chi connectivity index (χ0n) is 16.7. The molecule has 2 aromatic carbocycles. The number of hydrogen-bond acceptors (Lipinski definition) is 4. The second-order valence-corrected chi connectivity index (χ2v) is 8.71. The summed E-state index contributed by atoms with van der Waals surface area (Å²) >= 11 is 1.32. The van der Waals surface area contributed by atoms with E-state index in [0.717, 1.165) is 5.56 Å². The standard InChI is InChI=1S/C23H25N3O2S/c1-15-7-9-17(10-8-15)13-26-22(28)19-5-3-4-6-20(19)25-23(26)29-14-21(27)24-16(2)18-11-12-18/h3-10,16,18H,11-14H2,1-2H3,(H,24,27)/t16-/m0/s1. The van der Waals surface area contributed by atoms with Gasteiger partial charge in [0.15, 0.2) is 5.16 Å². The maximum absolute atomic E-state index is 13.1. The summed E-state index contributed by atoms with van der Waals surface area (Å²) < 4.78 is 1.68. The first kappa shape index (κ1) is 19.7. The van der Waals surface area contributed by atoms with E-state index in [0.29, 0.717) is 28.5 Å². The fourth-order valence-electron chi connectivity index (χ4n) is 3.41. The van der Waals surface area contributed by atoms with Gasteiger partial charge in [0.1, 0.15) is 0 Å². The number of carbonyl (C=O) groups excluding carboxylic acids is 1. The van der Waals surface area contributed by atoms with Crippen molar-refractivity contribution in [2.75, 3.05) is 5.75 Å². The van der Waals surface area contributed by atoms with Crippen LogP contribution in [-0.4, -0.2) is 27.3 Å². The molecule has 1 aliphatic carbocycles. The summed E-state index contributed by atoms with van der Waals surface area (Å²) in [4.78, 5) is 30.2. The number of aryl methyl sites for hydroxylation is 1. The van der Waals surface area contributed by atoms with E-state index in [1.165, 1.54) is 30.2 Å². The Morgan fingerprint density at radius 1 is 1.21 bits per heavy atom. The number of benzene rings is 2. The summed E-state index contributed by atoms with van der Waals surface area (Å²) in [5.74, 6) is 0.844. The molecule has 0 unspecified atom stereocenters. The van der Waals surface area contributed by atoms with Crippen LogP contribution in [0.15, 0.2) is 58.5 Å². The van der Waals surface area contributed by atoms with Crippen LogP contribution in [0.1, 0.15) is 30.9 Å². The van der Waals surface area contributed by atoms with Crippen molar-refractivity contribution in [3.63, 3.8) is 0 Å². The predicted molar refractivity (Wildman–Crippen MR) is 117 cm³/mol. The highest BCUT2D eigenvalue weighted by atomic mass is 32.2. The molecule has 0 aliphatic heterocycles. The predicted octanol–water partition coefficient (Wildman–Crippen LogP) is 3.76. The van der Waals surface area contributed by atoms with Crippen LogP contribution in [-0.2, 0) is 11.3 Å². The first-order chi connectivity index (χ1) is 14.0. The lowest BCUT2D eigenvalue weighted by molar-refractivity contribution is -0.119. The molecular weight excluding hydrogens is 382 g/mol. The van der Waals surface area contributed by atoms with Crippen LogP contribution in [0, 0.1) is 12.8 Å². The van der Waals surface area contributed by atoms with Crippen LogP contribution in [0.4, 0.5) is 0 Å². The molecule has 1 aliphatic rings. The SMILES string of the molecule is Cc1ccc(Cn2c(SCC(=O)N[C@@H](C)C3CC3)nc3ccccc3c2=O)cc1. The number of para-hydroxylation sites is 1. The molecule has 150 valence electrons. The van der Waals surface area contributed by atoms with Gasteiger partial charge in [-0.2, -0.15) is 0 Å². The van der Waals surface area contributed by atoms with Crippen LogP contribution < -0.4 is 10.9 Å². The van der Waals surface area contributed by atoms with E-state index in [4.69, 9.17) is 4.98 Å². The normalized spacial score (nSPS) is 14.7. The lowest BCUT2D eigenvalue weighted by Gasteiger charge is -2.15. The minimum atomic E-state index is -0.0783. The van der Waals surface area contributed by atoms with Crippen LogP contribution in [0.2, 0.25) is 0 Å². The third kappa shape index (κ3) is 4.70. The second kappa shape index (κ2) is 8.41. The van der Waals surface area contributed by atoms with Crippen LogP contribution >= 0.6 is 11.8 Å². The number of hydrogen-bond donors (Lipinski definition) is 1. The fraction of sp³-hybridized carbons (Fsp3) is 0.348. The third-order valence-corrected chi connectivity index (χ3v) is 6.31. The van der Waals surface area contributed by atoms with Crippen molar-refractivity contribution in [3.05, 3.63) is 70.0 Å². The molecule has 5 nitrogen and oxygen atoms in total. The van der Waals surface area contributed by atoms with Gasteiger partial charge >= 0.3 is 0 Å². The highest BCUT2D eigenvalue weighted by Crippen LogP contribution is 2.32. The van der Waals surface area contributed by atoms with Gasteiger partial charge in [-0.25, -0.2) is 4.98 Å². The molecule has 1 aromatic heterocycles. The van der Waals surface area contributed by atoms with Gasteiger partial charge in [0.05, 0.1) is 23.2 Å². The number of nitrogens with one attached hydrogen (secondary N) is 1. The molecule has 1 amide bonds. The highest BCUT2D eigenvalue weighted by molar-refractivity contribution is 7.99. The Labute approximate surface area is 174 Å². The van der Waals surface area contributed by atoms with E-state index in [-0.39, 0.29) is 23.3 Å². The van der Waals surface area contributed by atoms with E-state index >= 15 is 0 Å². The quantitative estimate of drug-likeness (QED) is 0.478. The van der Waals surface area contributed by atoms with Crippen molar-refractivity contribution in [3.8, 4) is 0 Å². The minimum Gasteiger partial charge on any atom is -0.353 e. The van der Waals surface area contributed by atoms with E-state index in [1.54, 1.807) is 10.6 Å². The lowest BCUT2D eigenvalue weighted by Crippen LogP contribution is -2.35. The molecule has 0 spiro atoms. The number of thioether (sulfide) groups is 1. The Balaban J connectivity index is 1.60. The lowest BCUT2D eigenvalue weighted by atomic mass is 10.1. The van der Waals surface area contributed by atoms with Gasteiger partial charge < -0.3 is 5.32 Å². The molecule has 1 heterocycles. The maximum atomic E-state index is 13.1. The Morgan fingerprint density at radius 3 is 2.66 bits per heavy atom. The van der Waals surface area contributed by atoms with Gasteiger partial charge in [0.2, 0.25) is 5.91 Å². The molecule has 1 saturated carbocycles. The summed E-state index contributed by atoms with van der Waals surface area (Å²) in [7, 11) is 0. The van der Waals surface area contributed by atoms with E-state index in [9.17, 15) is 9.59 Å². The number of aromatic nitrogens is 2. The van der Waals surface area contributed by atoms with E-state index in [2.05, 4.69) is 12.2 Å². The van der Waals surface area contributed by atoms with Gasteiger partial charge in [-0.3, -0.25) is 14.2 Å². The Bertz CT molecular complexity index is 1090. The molecule has 1 N–H and O–H groups in total. The Kier molecular flexibility index (Phi) is 5.72. The van der Waals surface area contributed by atoms with Crippen molar-refractivity contribution in [2.45, 2.75) is 44.4 Å². The maximum Gasteiger partial charge on any atom is 0.262 e. The Morgan fingerprint density at radius 2 is 1.93 bits per heavy atom. The average molecular weight is 408 g/mol. The van der Waals surface area contributed by atoms with Gasteiger partial charge in [-0.15, -0.1) is 0 Å². The Hall–Kier alpha value is -2.60. The van der Waals surface area contributed by atoms with Crippen molar-refractivity contribution in [2.24, 2.45) is 5.92 Å². The molecule has 0 bridgehead atoms. The van der Waals surface area contributed by atoms with Crippen molar-refractivity contribution >= 4 is 28.6 Å². The molecule has 1 fully saturated rings. The first-order valence-electron chi connectivity index (χ1n) is 9.98. The highest BCUT2D eigenvalue weighted by Gasteiger charge is 2.28. The third-order valence-electron chi connectivity index (χ3n) is 5.34. The summed E-state index contributed by atoms with van der Waals surface area (Å²) in [6, 6.07) is 15.7. The smallest absolute Gasteiger partial charge is 0.262 e. The van der Waals surface area contributed by atoms with Crippen molar-refractivity contribution < 1.29 is 4.79 Å².